The molecule has 182 valence electrons. The van der Waals surface area contributed by atoms with E-state index in [1.54, 1.807) is 0 Å². The van der Waals surface area contributed by atoms with Crippen LogP contribution in [-0.4, -0.2) is 59.0 Å². The summed E-state index contributed by atoms with van der Waals surface area (Å²) in [5.41, 5.74) is 1.85. The van der Waals surface area contributed by atoms with Gasteiger partial charge in [-0.25, -0.2) is 9.78 Å². The van der Waals surface area contributed by atoms with E-state index in [4.69, 9.17) is 14.2 Å². The number of carbonyl (C=O) groups is 1. The third-order valence-corrected chi connectivity index (χ3v) is 6.82. The molecule has 3 heterocycles. The molecule has 1 aliphatic carbocycles. The van der Waals surface area contributed by atoms with Crippen LogP contribution in [0.25, 0.3) is 0 Å². The Morgan fingerprint density at radius 2 is 1.74 bits per heavy atom. The van der Waals surface area contributed by atoms with Crippen molar-refractivity contribution in [1.82, 2.24) is 9.88 Å². The van der Waals surface area contributed by atoms with Gasteiger partial charge in [0.25, 0.3) is 0 Å². The van der Waals surface area contributed by atoms with Crippen LogP contribution in [0, 0.1) is 0 Å². The Hall–Kier alpha value is -2.80. The highest BCUT2D eigenvalue weighted by Gasteiger charge is 2.42. The van der Waals surface area contributed by atoms with Gasteiger partial charge < -0.3 is 24.0 Å². The first kappa shape index (κ1) is 23.0. The molecule has 2 aromatic rings. The smallest absolute Gasteiger partial charge is 0.410 e. The Bertz CT molecular complexity index is 973. The van der Waals surface area contributed by atoms with Gasteiger partial charge in [0.1, 0.15) is 11.7 Å². The fraction of sp³-hybridized carbons (Fsp3) is 0.556. The van der Waals surface area contributed by atoms with Gasteiger partial charge in [0.15, 0.2) is 0 Å². The minimum atomic E-state index is -0.474. The maximum atomic E-state index is 12.6. The summed E-state index contributed by atoms with van der Waals surface area (Å²) in [5, 5.41) is 0. The average Bonchev–Trinajstić information content (AvgIpc) is 3.04. The number of hydrogen-bond acceptors (Lipinski definition) is 6. The lowest BCUT2D eigenvalue weighted by Gasteiger charge is -2.42. The van der Waals surface area contributed by atoms with E-state index < -0.39 is 5.60 Å². The second kappa shape index (κ2) is 9.45. The molecular formula is C27H35N3O4. The van der Waals surface area contributed by atoms with Gasteiger partial charge in [-0.15, -0.1) is 0 Å². The third kappa shape index (κ3) is 5.30. The van der Waals surface area contributed by atoms with E-state index >= 15 is 0 Å². The monoisotopic (exact) mass is 465 g/mol. The topological polar surface area (TPSA) is 64.1 Å². The van der Waals surface area contributed by atoms with Crippen molar-refractivity contribution in [2.75, 3.05) is 18.0 Å². The number of carbonyl (C=O) groups excluding carboxylic acids is 1. The summed E-state index contributed by atoms with van der Waals surface area (Å²) in [6.07, 6.45) is 5.92. The van der Waals surface area contributed by atoms with E-state index in [9.17, 15) is 4.79 Å². The first-order valence-corrected chi connectivity index (χ1v) is 12.4. The number of piperazine rings is 1. The molecule has 5 rings (SSSR count). The fourth-order valence-corrected chi connectivity index (χ4v) is 5.13. The van der Waals surface area contributed by atoms with Crippen molar-refractivity contribution in [3.05, 3.63) is 54.2 Å². The van der Waals surface area contributed by atoms with E-state index in [0.717, 1.165) is 31.4 Å². The van der Waals surface area contributed by atoms with Gasteiger partial charge in [-0.3, -0.25) is 0 Å². The van der Waals surface area contributed by atoms with Gasteiger partial charge in [-0.05, 0) is 45.2 Å². The summed E-state index contributed by atoms with van der Waals surface area (Å²) in [7, 11) is 0. The average molecular weight is 466 g/mol. The third-order valence-electron chi connectivity index (χ3n) is 6.82. The quantitative estimate of drug-likeness (QED) is 0.611. The van der Waals surface area contributed by atoms with Crippen molar-refractivity contribution < 1.29 is 19.0 Å². The second-order valence-corrected chi connectivity index (χ2v) is 10.7. The molecular weight excluding hydrogens is 430 g/mol. The van der Waals surface area contributed by atoms with Crippen LogP contribution in [0.1, 0.15) is 52.0 Å². The Kier molecular flexibility index (Phi) is 6.38. The van der Waals surface area contributed by atoms with Gasteiger partial charge in [-0.2, -0.15) is 0 Å². The molecule has 2 atom stereocenters. The molecule has 7 heteroatoms. The Balaban J connectivity index is 1.14. The molecule has 1 aromatic carbocycles. The molecule has 0 radical (unpaired) electrons. The number of nitrogens with zero attached hydrogens (tertiary/aromatic N) is 3. The predicted molar refractivity (Wildman–Crippen MR) is 130 cm³/mol. The SMILES string of the molecule is CC(C)(C)OC(=O)N1CC2CCC(C1)N2c1ccnc(OC2CC(OCc3ccccc3)C2)c1. The van der Waals surface area contributed by atoms with Gasteiger partial charge in [0.2, 0.25) is 5.88 Å². The number of hydrogen-bond donors (Lipinski definition) is 0. The number of aromatic nitrogens is 1. The Morgan fingerprint density at radius 3 is 2.41 bits per heavy atom. The van der Waals surface area contributed by atoms with E-state index in [-0.39, 0.29) is 18.3 Å². The molecule has 1 amide bonds. The van der Waals surface area contributed by atoms with Crippen molar-refractivity contribution in [3.63, 3.8) is 0 Å². The van der Waals surface area contributed by atoms with Crippen LogP contribution >= 0.6 is 0 Å². The number of pyridine rings is 1. The van der Waals surface area contributed by atoms with Crippen LogP contribution in [-0.2, 0) is 16.1 Å². The van der Waals surface area contributed by atoms with Gasteiger partial charge >= 0.3 is 6.09 Å². The van der Waals surface area contributed by atoms with Crippen LogP contribution in [0.15, 0.2) is 48.7 Å². The van der Waals surface area contributed by atoms with Crippen molar-refractivity contribution in [3.8, 4) is 5.88 Å². The van der Waals surface area contributed by atoms with E-state index in [1.165, 1.54) is 5.56 Å². The number of fused-ring (bicyclic) bond motifs is 2. The lowest BCUT2D eigenvalue weighted by molar-refractivity contribution is -0.0694. The molecule has 2 saturated heterocycles. The highest BCUT2D eigenvalue weighted by molar-refractivity contribution is 5.69. The summed E-state index contributed by atoms with van der Waals surface area (Å²) >= 11 is 0. The lowest BCUT2D eigenvalue weighted by atomic mass is 9.92. The number of ether oxygens (including phenoxy) is 3. The zero-order valence-electron chi connectivity index (χ0n) is 20.4. The number of likely N-dealkylation sites (tertiary alicyclic amines) is 1. The first-order chi connectivity index (χ1) is 16.3. The minimum absolute atomic E-state index is 0.143. The summed E-state index contributed by atoms with van der Waals surface area (Å²) in [4.78, 5) is 21.4. The number of anilines is 1. The summed E-state index contributed by atoms with van der Waals surface area (Å²) in [6.45, 7) is 7.75. The number of rotatable bonds is 6. The fourth-order valence-electron chi connectivity index (χ4n) is 5.13. The van der Waals surface area contributed by atoms with Crippen LogP contribution < -0.4 is 9.64 Å². The van der Waals surface area contributed by atoms with Crippen molar-refractivity contribution in [2.45, 2.75) is 83.0 Å². The van der Waals surface area contributed by atoms with Crippen LogP contribution in [0.4, 0.5) is 10.5 Å². The van der Waals surface area contributed by atoms with Crippen LogP contribution in [0.2, 0.25) is 0 Å². The van der Waals surface area contributed by atoms with E-state index in [1.807, 2.05) is 62.2 Å². The van der Waals surface area contributed by atoms with E-state index in [2.05, 4.69) is 22.0 Å². The molecule has 3 aliphatic rings. The zero-order valence-corrected chi connectivity index (χ0v) is 20.4. The summed E-state index contributed by atoms with van der Waals surface area (Å²) in [6, 6.07) is 14.9. The molecule has 0 N–H and O–H groups in total. The molecule has 3 fully saturated rings. The normalized spacial score (nSPS) is 26.2. The summed E-state index contributed by atoms with van der Waals surface area (Å²) in [5.74, 6) is 0.665. The van der Waals surface area contributed by atoms with Crippen molar-refractivity contribution >= 4 is 11.8 Å². The molecule has 0 spiro atoms. The standard InChI is InChI=1S/C27H35N3O4/c1-27(2,3)34-26(31)29-16-21-9-10-22(17-29)30(21)20-11-12-28-25(13-20)33-24-14-23(15-24)32-18-19-7-5-4-6-8-19/h4-8,11-13,21-24H,9-10,14-18H2,1-3H3. The number of benzene rings is 1. The number of amides is 1. The maximum absolute atomic E-state index is 12.6. The molecule has 2 bridgehead atoms. The van der Waals surface area contributed by atoms with Crippen molar-refractivity contribution in [2.24, 2.45) is 0 Å². The van der Waals surface area contributed by atoms with Gasteiger partial charge in [0, 0.05) is 56.0 Å². The predicted octanol–water partition coefficient (Wildman–Crippen LogP) is 4.80. The van der Waals surface area contributed by atoms with Gasteiger partial charge in [0.05, 0.1) is 12.7 Å². The molecule has 7 nitrogen and oxygen atoms in total. The second-order valence-electron chi connectivity index (χ2n) is 10.7. The largest absolute Gasteiger partial charge is 0.474 e. The van der Waals surface area contributed by atoms with Crippen LogP contribution in [0.3, 0.4) is 0 Å². The summed E-state index contributed by atoms with van der Waals surface area (Å²) < 4.78 is 17.8. The maximum Gasteiger partial charge on any atom is 0.410 e. The Morgan fingerprint density at radius 1 is 1.03 bits per heavy atom. The Labute approximate surface area is 202 Å². The highest BCUT2D eigenvalue weighted by atomic mass is 16.6. The molecule has 2 aliphatic heterocycles. The van der Waals surface area contributed by atoms with Crippen molar-refractivity contribution in [1.29, 1.82) is 0 Å². The van der Waals surface area contributed by atoms with Crippen LogP contribution in [0.5, 0.6) is 5.88 Å². The molecule has 2 unspecified atom stereocenters. The van der Waals surface area contributed by atoms with E-state index in [0.29, 0.717) is 37.7 Å². The molecule has 1 saturated carbocycles. The minimum Gasteiger partial charge on any atom is -0.474 e. The lowest BCUT2D eigenvalue weighted by Crippen LogP contribution is -2.56. The zero-order chi connectivity index (χ0) is 23.7. The first-order valence-electron chi connectivity index (χ1n) is 12.4. The molecule has 34 heavy (non-hydrogen) atoms. The molecule has 1 aromatic heterocycles. The highest BCUT2D eigenvalue weighted by Crippen LogP contribution is 2.37. The van der Waals surface area contributed by atoms with Gasteiger partial charge in [-0.1, -0.05) is 30.3 Å².